The lowest BCUT2D eigenvalue weighted by atomic mass is 9.96. The summed E-state index contributed by atoms with van der Waals surface area (Å²) in [5.41, 5.74) is 4.21. The van der Waals surface area contributed by atoms with Crippen molar-refractivity contribution in [3.63, 3.8) is 0 Å². The maximum absolute atomic E-state index is 13.8. The van der Waals surface area contributed by atoms with Crippen LogP contribution in [-0.2, 0) is 22.6 Å². The summed E-state index contributed by atoms with van der Waals surface area (Å²) < 4.78 is -0.565. The quantitative estimate of drug-likeness (QED) is 0.368. The average molecular weight is 560 g/mol. The number of nitrogens with one attached hydrogen (secondary N) is 2. The van der Waals surface area contributed by atoms with Crippen LogP contribution >= 0.6 is 11.8 Å². The van der Waals surface area contributed by atoms with Crippen LogP contribution in [0.4, 0.5) is 0 Å². The molecule has 3 unspecified atom stereocenters. The van der Waals surface area contributed by atoms with E-state index in [1.54, 1.807) is 12.1 Å². The number of rotatable bonds is 9. The molecule has 1 heterocycles. The van der Waals surface area contributed by atoms with Gasteiger partial charge >= 0.3 is 0 Å². The lowest BCUT2D eigenvalue weighted by molar-refractivity contribution is -0.147. The van der Waals surface area contributed by atoms with Crippen molar-refractivity contribution in [2.24, 2.45) is 0 Å². The van der Waals surface area contributed by atoms with Gasteiger partial charge in [0.15, 0.2) is 6.10 Å². The zero-order valence-electron chi connectivity index (χ0n) is 23.4. The Morgan fingerprint density at radius 3 is 2.25 bits per heavy atom. The number of aliphatic hydroxyl groups is 1. The first kappa shape index (κ1) is 29.4. The number of carbonyl (C=O) groups is 3. The first-order valence-corrected chi connectivity index (χ1v) is 14.4. The summed E-state index contributed by atoms with van der Waals surface area (Å²) >= 11 is 1.49. The van der Waals surface area contributed by atoms with Gasteiger partial charge in [-0.2, -0.15) is 0 Å². The molecule has 3 aromatic carbocycles. The summed E-state index contributed by atoms with van der Waals surface area (Å²) in [4.78, 5) is 42.0. The van der Waals surface area contributed by atoms with Crippen molar-refractivity contribution < 1.29 is 19.5 Å². The number of nitrogens with zero attached hydrogens (tertiary/aromatic N) is 1. The van der Waals surface area contributed by atoms with Crippen molar-refractivity contribution in [3.05, 3.63) is 107 Å². The number of hydrogen-bond acceptors (Lipinski definition) is 5. The number of amides is 3. The molecule has 40 heavy (non-hydrogen) atoms. The number of thioether (sulfide) groups is 1. The van der Waals surface area contributed by atoms with Crippen LogP contribution in [0.15, 0.2) is 78.9 Å². The highest BCUT2D eigenvalue weighted by Crippen LogP contribution is 2.40. The Balaban J connectivity index is 1.55. The van der Waals surface area contributed by atoms with Crippen molar-refractivity contribution in [2.75, 3.05) is 5.88 Å². The molecule has 210 valence electrons. The van der Waals surface area contributed by atoms with E-state index in [4.69, 9.17) is 0 Å². The van der Waals surface area contributed by atoms with Crippen LogP contribution in [0.1, 0.15) is 46.5 Å². The minimum atomic E-state index is -1.55. The largest absolute Gasteiger partial charge is 0.381 e. The molecule has 7 nitrogen and oxygen atoms in total. The number of benzene rings is 3. The summed E-state index contributed by atoms with van der Waals surface area (Å²) in [7, 11) is 0. The third-order valence-electron chi connectivity index (χ3n) is 7.43. The Morgan fingerprint density at radius 2 is 1.57 bits per heavy atom. The summed E-state index contributed by atoms with van der Waals surface area (Å²) in [5.74, 6) is -0.966. The minimum Gasteiger partial charge on any atom is -0.381 e. The maximum atomic E-state index is 13.8. The molecule has 3 aromatic rings. The fourth-order valence-electron chi connectivity index (χ4n) is 5.03. The van der Waals surface area contributed by atoms with Crippen molar-refractivity contribution >= 4 is 29.5 Å². The average Bonchev–Trinajstić information content (AvgIpc) is 3.26. The van der Waals surface area contributed by atoms with Crippen molar-refractivity contribution in [1.29, 1.82) is 0 Å². The van der Waals surface area contributed by atoms with Crippen molar-refractivity contribution in [3.8, 4) is 0 Å². The number of aryl methyl sites for hydroxylation is 2. The third kappa shape index (κ3) is 6.74. The lowest BCUT2D eigenvalue weighted by Gasteiger charge is -2.33. The van der Waals surface area contributed by atoms with Crippen LogP contribution < -0.4 is 10.6 Å². The summed E-state index contributed by atoms with van der Waals surface area (Å²) in [6.07, 6.45) is -1.30. The molecule has 3 N–H and O–H groups in total. The van der Waals surface area contributed by atoms with Crippen LogP contribution in [0.5, 0.6) is 0 Å². The minimum absolute atomic E-state index is 0.250. The molecule has 3 amide bonds. The Labute approximate surface area is 240 Å². The van der Waals surface area contributed by atoms with Crippen LogP contribution in [0.25, 0.3) is 0 Å². The fraction of sp³-hybridized carbons (Fsp3) is 0.344. The standard InChI is InChI=1S/C32H37N3O4S/c1-21-12-8-10-16-24(21)19-33-30(38)28-32(3,4)40-20-35(28)31(39)27(36)26(18-23-14-6-5-7-15-23)34-29(37)25-17-11-9-13-22(25)2/h5-17,26-28,36H,18-20H2,1-4H3,(H,33,38)(H,34,37). The van der Waals surface area contributed by atoms with Gasteiger partial charge < -0.3 is 20.6 Å². The van der Waals surface area contributed by atoms with Crippen LogP contribution in [0, 0.1) is 13.8 Å². The number of aliphatic hydroxyl groups excluding tert-OH is 1. The van der Waals surface area contributed by atoms with Gasteiger partial charge in [0, 0.05) is 16.9 Å². The second-order valence-electron chi connectivity index (χ2n) is 10.8. The van der Waals surface area contributed by atoms with E-state index >= 15 is 0 Å². The molecule has 1 aliphatic heterocycles. The highest BCUT2D eigenvalue weighted by atomic mass is 32.2. The fourth-order valence-corrected chi connectivity index (χ4v) is 6.17. The highest BCUT2D eigenvalue weighted by molar-refractivity contribution is 8.00. The van der Waals surface area contributed by atoms with E-state index in [0.29, 0.717) is 12.1 Å². The molecule has 0 aromatic heterocycles. The Hall–Kier alpha value is -3.62. The topological polar surface area (TPSA) is 98.7 Å². The van der Waals surface area contributed by atoms with Gasteiger partial charge in [-0.15, -0.1) is 11.8 Å². The van der Waals surface area contributed by atoms with Crippen molar-refractivity contribution in [1.82, 2.24) is 15.5 Å². The van der Waals surface area contributed by atoms with E-state index in [2.05, 4.69) is 10.6 Å². The Bertz CT molecular complexity index is 1360. The van der Waals surface area contributed by atoms with Gasteiger partial charge in [-0.3, -0.25) is 14.4 Å². The molecule has 1 aliphatic rings. The summed E-state index contributed by atoms with van der Waals surface area (Å²) in [5, 5.41) is 17.3. The molecule has 0 spiro atoms. The second-order valence-corrected chi connectivity index (χ2v) is 12.4. The molecule has 0 saturated carbocycles. The van der Waals surface area contributed by atoms with Gasteiger partial charge in [-0.25, -0.2) is 0 Å². The first-order chi connectivity index (χ1) is 19.1. The van der Waals surface area contributed by atoms with Crippen molar-refractivity contribution in [2.45, 2.75) is 63.6 Å². The SMILES string of the molecule is Cc1ccccc1CNC(=O)C1N(C(=O)C(O)C(Cc2ccccc2)NC(=O)c2ccccc2C)CSC1(C)C. The smallest absolute Gasteiger partial charge is 0.254 e. The molecule has 4 rings (SSSR count). The molecule has 0 radical (unpaired) electrons. The zero-order valence-corrected chi connectivity index (χ0v) is 24.2. The molecule has 0 aliphatic carbocycles. The predicted molar refractivity (Wildman–Crippen MR) is 159 cm³/mol. The predicted octanol–water partition coefficient (Wildman–Crippen LogP) is 4.00. The van der Waals surface area contributed by atoms with Gasteiger partial charge in [0.25, 0.3) is 11.8 Å². The van der Waals surface area contributed by atoms with E-state index in [9.17, 15) is 19.5 Å². The van der Waals surface area contributed by atoms with Gasteiger partial charge in [0.2, 0.25) is 5.91 Å². The van der Waals surface area contributed by atoms with E-state index in [0.717, 1.165) is 22.3 Å². The van der Waals surface area contributed by atoms with E-state index in [1.165, 1.54) is 16.7 Å². The molecule has 1 saturated heterocycles. The highest BCUT2D eigenvalue weighted by Gasteiger charge is 2.49. The van der Waals surface area contributed by atoms with Gasteiger partial charge in [-0.1, -0.05) is 72.8 Å². The molecular formula is C32H37N3O4S. The van der Waals surface area contributed by atoms with Gasteiger partial charge in [0.05, 0.1) is 11.9 Å². The molecule has 3 atom stereocenters. The Morgan fingerprint density at radius 1 is 0.950 bits per heavy atom. The van der Waals surface area contributed by atoms with E-state index < -0.39 is 28.8 Å². The first-order valence-electron chi connectivity index (χ1n) is 13.4. The number of carbonyl (C=O) groups excluding carboxylic acids is 3. The van der Waals surface area contributed by atoms with Gasteiger partial charge in [-0.05, 0) is 62.4 Å². The molecule has 0 bridgehead atoms. The maximum Gasteiger partial charge on any atom is 0.254 e. The summed E-state index contributed by atoms with van der Waals surface area (Å²) in [6, 6.07) is 22.7. The molecular weight excluding hydrogens is 522 g/mol. The van der Waals surface area contributed by atoms with Gasteiger partial charge in [0.1, 0.15) is 6.04 Å². The zero-order chi connectivity index (χ0) is 28.9. The monoisotopic (exact) mass is 559 g/mol. The normalized spacial score (nSPS) is 17.6. The van der Waals surface area contributed by atoms with Crippen LogP contribution in [0.3, 0.4) is 0 Å². The van der Waals surface area contributed by atoms with Crippen LogP contribution in [0.2, 0.25) is 0 Å². The van der Waals surface area contributed by atoms with Crippen LogP contribution in [-0.4, -0.2) is 56.5 Å². The summed E-state index contributed by atoms with van der Waals surface area (Å²) in [6.45, 7) is 8.03. The third-order valence-corrected chi connectivity index (χ3v) is 8.80. The van der Waals surface area contributed by atoms with E-state index in [1.807, 2.05) is 94.4 Å². The number of hydrogen-bond donors (Lipinski definition) is 3. The van der Waals surface area contributed by atoms with E-state index in [-0.39, 0.29) is 24.1 Å². The molecule has 1 fully saturated rings. The molecule has 8 heteroatoms. The Kier molecular flexibility index (Phi) is 9.32. The lowest BCUT2D eigenvalue weighted by Crippen LogP contribution is -2.58. The second kappa shape index (κ2) is 12.7.